The van der Waals surface area contributed by atoms with Crippen molar-refractivity contribution in [2.75, 3.05) is 26.1 Å². The molecule has 14 nitrogen and oxygen atoms in total. The molecule has 4 aliphatic rings. The van der Waals surface area contributed by atoms with Crippen molar-refractivity contribution >= 4 is 40.0 Å². The first-order valence-electron chi connectivity index (χ1n) is 24.0. The number of hydrogen-bond donors (Lipinski definition) is 4. The third-order valence-corrected chi connectivity index (χ3v) is 14.9. The number of allylic oxidation sites excluding steroid dienone is 3. The smallest absolute Gasteiger partial charge is 0.329 e. The van der Waals surface area contributed by atoms with E-state index in [0.717, 1.165) is 28.6 Å². The molecular formula is C51H75N3O11. The van der Waals surface area contributed by atoms with Crippen LogP contribution in [0.5, 0.6) is 0 Å². The van der Waals surface area contributed by atoms with Crippen LogP contribution in [0.4, 0.5) is 5.69 Å². The normalized spacial score (nSPS) is 37.5. The number of aliphatic hydroxyl groups is 3. The first kappa shape index (κ1) is 50.5. The van der Waals surface area contributed by atoms with Gasteiger partial charge in [0.05, 0.1) is 30.5 Å². The van der Waals surface area contributed by atoms with E-state index in [1.807, 2.05) is 52.2 Å². The molecule has 14 unspecified atom stereocenters. The van der Waals surface area contributed by atoms with Crippen molar-refractivity contribution in [2.45, 2.75) is 167 Å². The third kappa shape index (κ3) is 11.4. The molecule has 14 heteroatoms. The standard InChI is InChI=1S/C51H75N3O11/c1-10-35-22-29(2)21-30(3)23-44(62-8)47-45(63-9)25-32(5)51(61,65-47)48(58)49(59)54-19-12-11-13-40(54)50(60)64-46(33(6)41(55)28-42(35)56)31(4)24-34-14-16-38(43(57)26-34)52-37-15-17-39-36(27-37)18-20-53(39)7/h15,17-18,20,22,24,27,30,32-35,38,40-41,43-47,52,55,57,61H,10-14,16,19,21,23,25-26,28H2,1-9H3/b29-22+,31-24?. The van der Waals surface area contributed by atoms with Gasteiger partial charge in [-0.3, -0.25) is 14.4 Å². The van der Waals surface area contributed by atoms with Crippen molar-refractivity contribution in [2.24, 2.45) is 36.6 Å². The largest absolute Gasteiger partial charge is 0.456 e. The van der Waals surface area contributed by atoms with E-state index in [9.17, 15) is 34.5 Å². The average Bonchev–Trinajstić information content (AvgIpc) is 3.65. The van der Waals surface area contributed by atoms with Gasteiger partial charge >= 0.3 is 5.97 Å². The quantitative estimate of drug-likeness (QED) is 0.136. The number of aliphatic hydroxyl groups excluding tert-OH is 2. The molecule has 1 aliphatic carbocycles. The number of ether oxygens (including phenoxy) is 4. The summed E-state index contributed by atoms with van der Waals surface area (Å²) in [7, 11) is 5.08. The van der Waals surface area contributed by atoms with Crippen LogP contribution in [0.1, 0.15) is 112 Å². The molecule has 2 aromatic rings. The summed E-state index contributed by atoms with van der Waals surface area (Å²) in [4.78, 5) is 58.3. The van der Waals surface area contributed by atoms with E-state index in [1.165, 1.54) is 19.1 Å². The summed E-state index contributed by atoms with van der Waals surface area (Å²) in [5, 5.41) is 40.0. The number of fused-ring (bicyclic) bond motifs is 4. The first-order chi connectivity index (χ1) is 30.9. The van der Waals surface area contributed by atoms with Crippen LogP contribution in [0.2, 0.25) is 0 Å². The Hall–Kier alpha value is -3.92. The Bertz CT molecular complexity index is 2060. The fourth-order valence-electron chi connectivity index (χ4n) is 10.9. The van der Waals surface area contributed by atoms with Gasteiger partial charge in [-0.2, -0.15) is 0 Å². The van der Waals surface area contributed by atoms with Crippen LogP contribution in [0, 0.1) is 29.6 Å². The van der Waals surface area contributed by atoms with Crippen LogP contribution < -0.4 is 5.32 Å². The van der Waals surface area contributed by atoms with Crippen LogP contribution in [0.3, 0.4) is 0 Å². The molecule has 1 aromatic heterocycles. The fourth-order valence-corrected chi connectivity index (χ4v) is 10.9. The number of carbonyl (C=O) groups excluding carboxylic acids is 4. The van der Waals surface area contributed by atoms with Gasteiger partial charge in [0.15, 0.2) is 0 Å². The van der Waals surface area contributed by atoms with Crippen molar-refractivity contribution in [3.8, 4) is 0 Å². The number of cyclic esters (lactones) is 1. The number of nitrogens with one attached hydrogen (secondary N) is 1. The van der Waals surface area contributed by atoms with Crippen molar-refractivity contribution in [1.82, 2.24) is 9.47 Å². The maximum atomic E-state index is 14.5. The molecule has 1 amide bonds. The molecule has 4 heterocycles. The maximum absolute atomic E-state index is 14.5. The second-order valence-corrected chi connectivity index (χ2v) is 19.8. The first-order valence-corrected chi connectivity index (χ1v) is 24.0. The molecule has 3 fully saturated rings. The Morgan fingerprint density at radius 3 is 2.37 bits per heavy atom. The molecule has 14 atom stereocenters. The Morgan fingerprint density at radius 1 is 0.954 bits per heavy atom. The van der Waals surface area contributed by atoms with Crippen LogP contribution in [-0.2, 0) is 45.2 Å². The molecule has 3 aliphatic heterocycles. The van der Waals surface area contributed by atoms with Crippen molar-refractivity contribution < 1.29 is 53.4 Å². The Kier molecular flexibility index (Phi) is 16.9. The van der Waals surface area contributed by atoms with Gasteiger partial charge in [-0.05, 0) is 120 Å². The highest BCUT2D eigenvalue weighted by Gasteiger charge is 2.56. The summed E-state index contributed by atoms with van der Waals surface area (Å²) in [5.41, 5.74) is 3.70. The fraction of sp³-hybridized carbons (Fsp3) is 0.686. The number of amides is 1. The molecule has 0 spiro atoms. The van der Waals surface area contributed by atoms with Gasteiger partial charge < -0.3 is 49.1 Å². The monoisotopic (exact) mass is 906 g/mol. The molecule has 2 bridgehead atoms. The number of anilines is 1. The predicted molar refractivity (Wildman–Crippen MR) is 248 cm³/mol. The maximum Gasteiger partial charge on any atom is 0.329 e. The molecule has 2 saturated heterocycles. The minimum atomic E-state index is -2.51. The van der Waals surface area contributed by atoms with Crippen LogP contribution >= 0.6 is 0 Å². The molecule has 6 rings (SSSR count). The summed E-state index contributed by atoms with van der Waals surface area (Å²) in [6.45, 7) is 11.3. The topological polar surface area (TPSA) is 186 Å². The van der Waals surface area contributed by atoms with Crippen LogP contribution in [-0.4, -0.2) is 123 Å². The number of carbonyl (C=O) groups is 4. The van der Waals surface area contributed by atoms with Gasteiger partial charge in [0, 0.05) is 74.8 Å². The lowest BCUT2D eigenvalue weighted by Gasteiger charge is -2.47. The zero-order valence-corrected chi connectivity index (χ0v) is 40.0. The molecule has 360 valence electrons. The third-order valence-electron chi connectivity index (χ3n) is 14.9. The zero-order chi connectivity index (χ0) is 47.3. The van der Waals surface area contributed by atoms with Crippen LogP contribution in [0.25, 0.3) is 10.9 Å². The van der Waals surface area contributed by atoms with E-state index in [-0.39, 0.29) is 49.5 Å². The number of hydrogen-bond acceptors (Lipinski definition) is 12. The lowest BCUT2D eigenvalue weighted by Crippen LogP contribution is -2.64. The summed E-state index contributed by atoms with van der Waals surface area (Å²) in [6, 6.07) is 6.91. The minimum absolute atomic E-state index is 0.0271. The highest BCUT2D eigenvalue weighted by molar-refractivity contribution is 6.39. The van der Waals surface area contributed by atoms with Gasteiger partial charge in [-0.15, -0.1) is 0 Å². The van der Waals surface area contributed by atoms with Crippen molar-refractivity contribution in [1.29, 1.82) is 0 Å². The van der Waals surface area contributed by atoms with E-state index in [0.29, 0.717) is 50.5 Å². The SMILES string of the molecule is CCC1/C=C(\C)CC(C)CC(OC)C2OC(O)(C(=O)C(=O)N3CCCCC3C(=O)OC(C(C)=CC3CCC(Nc4ccc5c(ccn5C)c4)C(O)C3)C(C)C(O)CC1=O)C(C)CC2OC. The molecule has 1 saturated carbocycles. The second kappa shape index (κ2) is 21.8. The predicted octanol–water partition coefficient (Wildman–Crippen LogP) is 6.43. The second-order valence-electron chi connectivity index (χ2n) is 19.8. The lowest BCUT2D eigenvalue weighted by molar-refractivity contribution is -0.302. The van der Waals surface area contributed by atoms with E-state index < -0.39 is 83.9 Å². The van der Waals surface area contributed by atoms with E-state index in [4.69, 9.17) is 18.9 Å². The molecule has 65 heavy (non-hydrogen) atoms. The van der Waals surface area contributed by atoms with Crippen molar-refractivity contribution in [3.05, 3.63) is 53.8 Å². The number of piperidine rings is 1. The molecule has 4 N–H and O–H groups in total. The van der Waals surface area contributed by atoms with Gasteiger partial charge in [0.2, 0.25) is 5.79 Å². The minimum Gasteiger partial charge on any atom is -0.456 e. The summed E-state index contributed by atoms with van der Waals surface area (Å²) in [6.07, 6.45) is 5.99. The van der Waals surface area contributed by atoms with Crippen LogP contribution in [0.15, 0.2) is 53.8 Å². The Morgan fingerprint density at radius 2 is 1.68 bits per heavy atom. The van der Waals surface area contributed by atoms with Gasteiger partial charge in [-0.25, -0.2) is 4.79 Å². The Labute approximate surface area is 385 Å². The summed E-state index contributed by atoms with van der Waals surface area (Å²) in [5.74, 6) is -7.65. The summed E-state index contributed by atoms with van der Waals surface area (Å²) < 4.78 is 26.5. The van der Waals surface area contributed by atoms with E-state index in [2.05, 4.69) is 35.0 Å². The number of esters is 1. The number of aryl methyl sites for hydroxylation is 1. The summed E-state index contributed by atoms with van der Waals surface area (Å²) >= 11 is 0. The molecule has 1 aromatic carbocycles. The average molecular weight is 906 g/mol. The Balaban J connectivity index is 1.29. The van der Waals surface area contributed by atoms with Gasteiger partial charge in [0.1, 0.15) is 24.0 Å². The van der Waals surface area contributed by atoms with E-state index in [1.54, 1.807) is 13.8 Å². The number of methoxy groups -OCH3 is 2. The van der Waals surface area contributed by atoms with Crippen molar-refractivity contribution in [3.63, 3.8) is 0 Å². The lowest BCUT2D eigenvalue weighted by atomic mass is 9.81. The van der Waals surface area contributed by atoms with E-state index >= 15 is 0 Å². The number of benzene rings is 1. The van der Waals surface area contributed by atoms with Gasteiger partial charge in [-0.1, -0.05) is 45.4 Å². The highest BCUT2D eigenvalue weighted by atomic mass is 16.7. The zero-order valence-electron chi connectivity index (χ0n) is 40.0. The number of aromatic nitrogens is 1. The molecule has 0 radical (unpaired) electrons. The number of Topliss-reactive ketones (excluding diaryl/α,β-unsaturated/α-hetero) is 2. The molecular weight excluding hydrogens is 831 g/mol. The number of nitrogens with zero attached hydrogens (tertiary/aromatic N) is 2. The number of rotatable bonds is 7. The number of ketones is 2. The van der Waals surface area contributed by atoms with Gasteiger partial charge in [0.25, 0.3) is 11.7 Å². The highest BCUT2D eigenvalue weighted by Crippen LogP contribution is 2.39.